The Bertz CT molecular complexity index is 1070. The molecule has 0 aliphatic carbocycles. The molecule has 1 aromatic carbocycles. The first-order chi connectivity index (χ1) is 14.1. The second-order valence-electron chi connectivity index (χ2n) is 6.06. The first kappa shape index (κ1) is 22.4. The zero-order valence-electron chi connectivity index (χ0n) is 14.8. The molecule has 3 rings (SSSR count). The average molecular weight is 485 g/mol. The molecule has 6 nitrogen and oxygen atoms in total. The van der Waals surface area contributed by atoms with Gasteiger partial charge in [0.05, 0.1) is 6.54 Å². The molecular weight excluding hydrogens is 473 g/mol. The standard InChI is InChI=1S/C17H12Cl3F4N5O/c18-9-2-1-8(10(19)3-9)5-28-6-11(20)17(27-28)25-14(30)7-29-13(16(23)24)4-12(26-29)15(21)22/h1-4,6,15-16H,5,7H2,(H,25,27,30). The third-order valence-corrected chi connectivity index (χ3v) is 4.76. The summed E-state index contributed by atoms with van der Waals surface area (Å²) >= 11 is 18.0. The number of hydrogen-bond donors (Lipinski definition) is 1. The number of amides is 1. The van der Waals surface area contributed by atoms with Crippen LogP contribution in [0.1, 0.15) is 29.8 Å². The lowest BCUT2D eigenvalue weighted by atomic mass is 10.2. The highest BCUT2D eigenvalue weighted by atomic mass is 35.5. The van der Waals surface area contributed by atoms with Crippen LogP contribution in [0.3, 0.4) is 0 Å². The predicted molar refractivity (Wildman–Crippen MR) is 104 cm³/mol. The number of carbonyl (C=O) groups is 1. The smallest absolute Gasteiger partial charge is 0.282 e. The van der Waals surface area contributed by atoms with E-state index in [1.165, 1.54) is 10.9 Å². The number of aromatic nitrogens is 4. The molecule has 30 heavy (non-hydrogen) atoms. The van der Waals surface area contributed by atoms with Crippen molar-refractivity contribution in [2.45, 2.75) is 25.9 Å². The summed E-state index contributed by atoms with van der Waals surface area (Å²) in [6.07, 6.45) is -4.70. The summed E-state index contributed by atoms with van der Waals surface area (Å²) in [5.74, 6) is -0.857. The van der Waals surface area contributed by atoms with Crippen molar-refractivity contribution in [1.29, 1.82) is 0 Å². The second-order valence-corrected chi connectivity index (χ2v) is 7.31. The SMILES string of the molecule is O=C(Cn1nc(C(F)F)cc1C(F)F)Nc1nn(Cc2ccc(Cl)cc2Cl)cc1Cl. The quantitative estimate of drug-likeness (QED) is 0.444. The minimum absolute atomic E-state index is 0.0356. The number of anilines is 1. The van der Waals surface area contributed by atoms with Gasteiger partial charge in [-0.3, -0.25) is 14.2 Å². The molecule has 1 amide bonds. The van der Waals surface area contributed by atoms with Crippen molar-refractivity contribution in [3.63, 3.8) is 0 Å². The first-order valence-corrected chi connectivity index (χ1v) is 9.38. The Morgan fingerprint density at radius 3 is 2.40 bits per heavy atom. The maximum absolute atomic E-state index is 13.0. The molecule has 0 atom stereocenters. The van der Waals surface area contributed by atoms with Crippen LogP contribution in [0.25, 0.3) is 0 Å². The van der Waals surface area contributed by atoms with Crippen LogP contribution in [0, 0.1) is 0 Å². The third-order valence-electron chi connectivity index (χ3n) is 3.89. The number of benzene rings is 1. The van der Waals surface area contributed by atoms with E-state index < -0.39 is 36.7 Å². The highest BCUT2D eigenvalue weighted by Crippen LogP contribution is 2.26. The van der Waals surface area contributed by atoms with Crippen LogP contribution in [-0.4, -0.2) is 25.5 Å². The van der Waals surface area contributed by atoms with Gasteiger partial charge < -0.3 is 5.32 Å². The lowest BCUT2D eigenvalue weighted by Gasteiger charge is -2.07. The van der Waals surface area contributed by atoms with Crippen molar-refractivity contribution < 1.29 is 22.4 Å². The number of nitrogens with zero attached hydrogens (tertiary/aromatic N) is 4. The Morgan fingerprint density at radius 1 is 1.03 bits per heavy atom. The maximum atomic E-state index is 13.0. The van der Waals surface area contributed by atoms with Gasteiger partial charge in [-0.1, -0.05) is 40.9 Å². The maximum Gasteiger partial charge on any atom is 0.282 e. The van der Waals surface area contributed by atoms with Gasteiger partial charge in [0.15, 0.2) is 5.82 Å². The minimum Gasteiger partial charge on any atom is -0.306 e. The van der Waals surface area contributed by atoms with Crippen molar-refractivity contribution in [3.8, 4) is 0 Å². The Labute approximate surface area is 182 Å². The van der Waals surface area contributed by atoms with Crippen molar-refractivity contribution >= 4 is 46.5 Å². The van der Waals surface area contributed by atoms with E-state index in [2.05, 4.69) is 15.5 Å². The summed E-state index contributed by atoms with van der Waals surface area (Å²) in [6.45, 7) is -0.503. The molecule has 0 spiro atoms. The van der Waals surface area contributed by atoms with Crippen LogP contribution in [0.15, 0.2) is 30.5 Å². The van der Waals surface area contributed by atoms with Gasteiger partial charge in [-0.25, -0.2) is 17.6 Å². The molecule has 160 valence electrons. The van der Waals surface area contributed by atoms with E-state index in [1.54, 1.807) is 18.2 Å². The fourth-order valence-corrected chi connectivity index (χ4v) is 3.22. The van der Waals surface area contributed by atoms with E-state index >= 15 is 0 Å². The molecule has 0 unspecified atom stereocenters. The third kappa shape index (κ3) is 5.24. The van der Waals surface area contributed by atoms with Gasteiger partial charge in [-0.15, -0.1) is 0 Å². The zero-order chi connectivity index (χ0) is 22.0. The fourth-order valence-electron chi connectivity index (χ4n) is 2.56. The van der Waals surface area contributed by atoms with Crippen molar-refractivity contribution in [1.82, 2.24) is 19.6 Å². The topological polar surface area (TPSA) is 64.7 Å². The molecule has 13 heteroatoms. The van der Waals surface area contributed by atoms with Crippen LogP contribution < -0.4 is 5.32 Å². The molecule has 0 radical (unpaired) electrons. The number of alkyl halides is 4. The normalized spacial score (nSPS) is 11.5. The first-order valence-electron chi connectivity index (χ1n) is 8.24. The number of carbonyl (C=O) groups excluding carboxylic acids is 1. The number of nitrogens with one attached hydrogen (secondary N) is 1. The van der Waals surface area contributed by atoms with Crippen LogP contribution in [0.2, 0.25) is 15.1 Å². The molecule has 0 bridgehead atoms. The van der Waals surface area contributed by atoms with Gasteiger partial charge in [0, 0.05) is 16.2 Å². The van der Waals surface area contributed by atoms with Crippen molar-refractivity contribution in [2.24, 2.45) is 0 Å². The molecule has 0 saturated carbocycles. The van der Waals surface area contributed by atoms with E-state index in [0.29, 0.717) is 26.4 Å². The van der Waals surface area contributed by atoms with Crippen LogP contribution >= 0.6 is 34.8 Å². The van der Waals surface area contributed by atoms with Gasteiger partial charge in [0.1, 0.15) is 23.0 Å². The molecule has 0 saturated heterocycles. The largest absolute Gasteiger partial charge is 0.306 e. The molecule has 0 fully saturated rings. The van der Waals surface area contributed by atoms with E-state index in [4.69, 9.17) is 34.8 Å². The molecule has 1 N–H and O–H groups in total. The van der Waals surface area contributed by atoms with Crippen LogP contribution in [0.4, 0.5) is 23.4 Å². The Hall–Kier alpha value is -2.30. The fraction of sp³-hybridized carbons (Fsp3) is 0.235. The lowest BCUT2D eigenvalue weighted by Crippen LogP contribution is -2.21. The van der Waals surface area contributed by atoms with Crippen molar-refractivity contribution in [3.05, 3.63) is 62.5 Å². The summed E-state index contributed by atoms with van der Waals surface area (Å²) in [7, 11) is 0. The lowest BCUT2D eigenvalue weighted by molar-refractivity contribution is -0.117. The number of rotatable bonds is 7. The summed E-state index contributed by atoms with van der Waals surface area (Å²) in [5.41, 5.74) is -0.953. The molecule has 3 aromatic rings. The molecule has 0 aliphatic rings. The van der Waals surface area contributed by atoms with Crippen LogP contribution in [-0.2, 0) is 17.9 Å². The van der Waals surface area contributed by atoms with Gasteiger partial charge in [-0.05, 0) is 23.8 Å². The monoisotopic (exact) mass is 483 g/mol. The predicted octanol–water partition coefficient (Wildman–Crippen LogP) is 5.60. The van der Waals surface area contributed by atoms with Crippen LogP contribution in [0.5, 0.6) is 0 Å². The molecular formula is C17H12Cl3F4N5O. The minimum atomic E-state index is -3.08. The summed E-state index contributed by atoms with van der Waals surface area (Å²) in [4.78, 5) is 12.2. The van der Waals surface area contributed by atoms with E-state index in [1.807, 2.05) is 0 Å². The van der Waals surface area contributed by atoms with Gasteiger partial charge >= 0.3 is 0 Å². The van der Waals surface area contributed by atoms with Crippen molar-refractivity contribution in [2.75, 3.05) is 5.32 Å². The van der Waals surface area contributed by atoms with Gasteiger partial charge in [-0.2, -0.15) is 10.2 Å². The van der Waals surface area contributed by atoms with E-state index in [9.17, 15) is 22.4 Å². The Morgan fingerprint density at radius 2 is 1.77 bits per heavy atom. The summed E-state index contributed by atoms with van der Waals surface area (Å²) < 4.78 is 53.4. The second kappa shape index (κ2) is 9.23. The van der Waals surface area contributed by atoms with Gasteiger partial charge in [0.25, 0.3) is 12.9 Å². The number of halogens is 7. The Kier molecular flexibility index (Phi) is 6.89. The summed E-state index contributed by atoms with van der Waals surface area (Å²) in [5, 5.41) is 10.8. The zero-order valence-corrected chi connectivity index (χ0v) is 17.1. The van der Waals surface area contributed by atoms with E-state index in [0.717, 1.165) is 0 Å². The van der Waals surface area contributed by atoms with E-state index in [-0.39, 0.29) is 17.4 Å². The molecule has 2 aromatic heterocycles. The average Bonchev–Trinajstić information content (AvgIpc) is 3.21. The highest BCUT2D eigenvalue weighted by Gasteiger charge is 2.23. The molecule has 0 aliphatic heterocycles. The summed E-state index contributed by atoms with van der Waals surface area (Å²) in [6, 6.07) is 5.46. The Balaban J connectivity index is 1.72. The number of hydrogen-bond acceptors (Lipinski definition) is 3. The highest BCUT2D eigenvalue weighted by molar-refractivity contribution is 6.35. The van der Waals surface area contributed by atoms with Gasteiger partial charge in [0.2, 0.25) is 5.91 Å². The molecule has 2 heterocycles.